The molecule has 216 valence electrons. The highest BCUT2D eigenvalue weighted by molar-refractivity contribution is 6.31. The molecule has 4 rings (SSSR count). The van der Waals surface area contributed by atoms with Crippen molar-refractivity contribution in [2.75, 3.05) is 7.11 Å². The van der Waals surface area contributed by atoms with E-state index >= 15 is 0 Å². The van der Waals surface area contributed by atoms with Crippen LogP contribution in [-0.2, 0) is 19.4 Å². The van der Waals surface area contributed by atoms with Crippen molar-refractivity contribution in [3.8, 4) is 11.6 Å². The van der Waals surface area contributed by atoms with Gasteiger partial charge in [-0.25, -0.2) is 9.78 Å². The fraction of sp³-hybridized carbons (Fsp3) is 0.516. The molecule has 0 atom stereocenters. The van der Waals surface area contributed by atoms with E-state index in [4.69, 9.17) is 21.1 Å². The van der Waals surface area contributed by atoms with Gasteiger partial charge in [0.05, 0.1) is 13.2 Å². The van der Waals surface area contributed by atoms with E-state index in [1.54, 1.807) is 24.1 Å². The summed E-state index contributed by atoms with van der Waals surface area (Å²) < 4.78 is 12.0. The Labute approximate surface area is 241 Å². The Morgan fingerprint density at radius 1 is 1.12 bits per heavy atom. The summed E-state index contributed by atoms with van der Waals surface area (Å²) in [7, 11) is 1.59. The first-order chi connectivity index (χ1) is 19.0. The largest absolute Gasteiger partial charge is 0.490 e. The second-order valence-electron chi connectivity index (χ2n) is 11.6. The average Bonchev–Trinajstić information content (AvgIpc) is 2.87. The highest BCUT2D eigenvalue weighted by Gasteiger charge is 2.36. The normalized spacial score (nSPS) is 19.8. The van der Waals surface area contributed by atoms with Gasteiger partial charge in [-0.2, -0.15) is 0 Å². The van der Waals surface area contributed by atoms with Gasteiger partial charge in [-0.05, 0) is 96.4 Å². The van der Waals surface area contributed by atoms with Crippen LogP contribution in [0.5, 0.6) is 11.6 Å². The van der Waals surface area contributed by atoms with E-state index in [1.165, 1.54) is 0 Å². The van der Waals surface area contributed by atoms with Crippen LogP contribution in [0.3, 0.4) is 0 Å². The molecule has 0 radical (unpaired) electrons. The van der Waals surface area contributed by atoms with Crippen LogP contribution >= 0.6 is 11.6 Å². The second-order valence-corrected chi connectivity index (χ2v) is 12.0. The van der Waals surface area contributed by atoms with E-state index in [0.29, 0.717) is 41.5 Å². The number of methoxy groups -OCH3 is 1. The maximum atomic E-state index is 13.5. The molecule has 2 aliphatic rings. The third-order valence-electron chi connectivity index (χ3n) is 7.64. The van der Waals surface area contributed by atoms with E-state index < -0.39 is 11.6 Å². The number of hydrogen-bond acceptors (Lipinski definition) is 5. The number of nitrogens with one attached hydrogen (secondary N) is 1. The third-order valence-corrected chi connectivity index (χ3v) is 7.86. The van der Waals surface area contributed by atoms with Crippen LogP contribution in [0.25, 0.3) is 0 Å². The van der Waals surface area contributed by atoms with E-state index in [1.807, 2.05) is 33.8 Å². The van der Waals surface area contributed by atoms with Gasteiger partial charge in [0.25, 0.3) is 5.91 Å². The zero-order valence-corrected chi connectivity index (χ0v) is 24.8. The van der Waals surface area contributed by atoms with Crippen molar-refractivity contribution in [2.24, 2.45) is 0 Å². The quantitative estimate of drug-likeness (QED) is 0.408. The summed E-state index contributed by atoms with van der Waals surface area (Å²) in [6, 6.07) is 5.47. The maximum Gasteiger partial charge on any atom is 0.407 e. The highest BCUT2D eigenvalue weighted by atomic mass is 35.5. The lowest BCUT2D eigenvalue weighted by molar-refractivity contribution is 0.0366. The molecule has 1 fully saturated rings. The number of hydrogen-bond donors (Lipinski definition) is 2. The van der Waals surface area contributed by atoms with Gasteiger partial charge in [-0.15, -0.1) is 0 Å². The predicted octanol–water partition coefficient (Wildman–Crippen LogP) is 6.50. The SMILES string of the molecule is COc1nc(C)cc2c1CNC(=O)c1cc(Cl)cc(OC3CCC(N(C(=O)O)C(C)(C)C)CC3)c1CC=CCC2. The van der Waals surface area contributed by atoms with Gasteiger partial charge in [-0.1, -0.05) is 23.8 Å². The van der Waals surface area contributed by atoms with Gasteiger partial charge in [-0.3, -0.25) is 4.79 Å². The number of carbonyl (C=O) groups excluding carboxylic acids is 1. The fourth-order valence-electron chi connectivity index (χ4n) is 5.86. The number of rotatable bonds is 4. The molecule has 2 aromatic rings. The molecule has 2 amide bonds. The molecule has 0 spiro atoms. The van der Waals surface area contributed by atoms with E-state index in [9.17, 15) is 14.7 Å². The van der Waals surface area contributed by atoms with Gasteiger partial charge in [0.15, 0.2) is 0 Å². The number of amides is 2. The maximum absolute atomic E-state index is 13.5. The van der Waals surface area contributed by atoms with Crippen molar-refractivity contribution < 1.29 is 24.2 Å². The lowest BCUT2D eigenvalue weighted by Gasteiger charge is -2.42. The summed E-state index contributed by atoms with van der Waals surface area (Å²) in [6.45, 7) is 7.99. The van der Waals surface area contributed by atoms with Gasteiger partial charge in [0.1, 0.15) is 5.75 Å². The van der Waals surface area contributed by atoms with Gasteiger partial charge < -0.3 is 24.8 Å². The van der Waals surface area contributed by atoms with Crippen LogP contribution in [0.2, 0.25) is 5.02 Å². The molecule has 0 unspecified atom stereocenters. The molecule has 0 bridgehead atoms. The number of carbonyl (C=O) groups is 2. The van der Waals surface area contributed by atoms with E-state index in [-0.39, 0.29) is 24.6 Å². The van der Waals surface area contributed by atoms with Crippen LogP contribution < -0.4 is 14.8 Å². The Balaban J connectivity index is 1.57. The monoisotopic (exact) mass is 569 g/mol. The van der Waals surface area contributed by atoms with Crippen LogP contribution in [0.4, 0.5) is 4.79 Å². The molecule has 2 N–H and O–H groups in total. The molecule has 8 nitrogen and oxygen atoms in total. The summed E-state index contributed by atoms with van der Waals surface area (Å²) in [5, 5.41) is 13.3. The first-order valence-electron chi connectivity index (χ1n) is 14.0. The number of allylic oxidation sites excluding steroid dienone is 2. The standard InChI is InChI=1S/C31H40ClN3O5/c1-19-15-20-9-7-6-8-10-24-25(28(36)33-18-26(20)29(34-19)39-5)16-21(32)17-27(24)40-23-13-11-22(12-14-23)35(30(37)38)31(2,3)4/h6,8,15-17,22-23H,7,9-14,18H2,1-5H3,(H,33,36)(H,37,38). The number of aromatic nitrogens is 1. The number of carboxylic acid groups (broad SMARTS) is 1. The van der Waals surface area contributed by atoms with Gasteiger partial charge >= 0.3 is 6.09 Å². The topological polar surface area (TPSA) is 101 Å². The molecule has 0 saturated heterocycles. The molecule has 1 aromatic carbocycles. The van der Waals surface area contributed by atoms with E-state index in [2.05, 4.69) is 22.5 Å². The van der Waals surface area contributed by atoms with Crippen LogP contribution in [0.1, 0.15) is 85.6 Å². The Bertz CT molecular complexity index is 1280. The number of pyridine rings is 1. The Hall–Kier alpha value is -3.26. The lowest BCUT2D eigenvalue weighted by Crippen LogP contribution is -2.52. The van der Waals surface area contributed by atoms with Crippen molar-refractivity contribution in [3.05, 3.63) is 63.3 Å². The van der Waals surface area contributed by atoms with Crippen LogP contribution in [0.15, 0.2) is 30.4 Å². The highest BCUT2D eigenvalue weighted by Crippen LogP contribution is 2.35. The van der Waals surface area contributed by atoms with Crippen molar-refractivity contribution >= 4 is 23.6 Å². The summed E-state index contributed by atoms with van der Waals surface area (Å²) in [6.07, 6.45) is 8.27. The van der Waals surface area contributed by atoms with Crippen molar-refractivity contribution in [1.82, 2.24) is 15.2 Å². The minimum absolute atomic E-state index is 0.0517. The number of fused-ring (bicyclic) bond motifs is 2. The minimum atomic E-state index is -0.893. The number of halogens is 1. The first kappa shape index (κ1) is 29.7. The molecule has 1 saturated carbocycles. The summed E-state index contributed by atoms with van der Waals surface area (Å²) >= 11 is 6.51. The van der Waals surface area contributed by atoms with Crippen molar-refractivity contribution in [1.29, 1.82) is 0 Å². The average molecular weight is 570 g/mol. The molecular formula is C31H40ClN3O5. The summed E-state index contributed by atoms with van der Waals surface area (Å²) in [4.78, 5) is 31.5. The Morgan fingerprint density at radius 3 is 2.50 bits per heavy atom. The molecule has 2 heterocycles. The summed E-state index contributed by atoms with van der Waals surface area (Å²) in [5.41, 5.74) is 3.65. The number of ether oxygens (including phenoxy) is 2. The lowest BCUT2D eigenvalue weighted by atomic mass is 9.89. The fourth-order valence-corrected chi connectivity index (χ4v) is 6.07. The predicted molar refractivity (Wildman–Crippen MR) is 156 cm³/mol. The van der Waals surface area contributed by atoms with Crippen LogP contribution in [-0.4, -0.2) is 51.8 Å². The van der Waals surface area contributed by atoms with E-state index in [0.717, 1.165) is 48.1 Å². The molecule has 1 aromatic heterocycles. The second kappa shape index (κ2) is 12.5. The molecule has 1 aliphatic heterocycles. The smallest absolute Gasteiger partial charge is 0.407 e. The Kier molecular flexibility index (Phi) is 9.29. The van der Waals surface area contributed by atoms with Crippen molar-refractivity contribution in [3.63, 3.8) is 0 Å². The number of nitrogens with zero attached hydrogens (tertiary/aromatic N) is 2. The molecular weight excluding hydrogens is 530 g/mol. The first-order valence-corrected chi connectivity index (χ1v) is 14.3. The third kappa shape index (κ3) is 6.89. The van der Waals surface area contributed by atoms with Gasteiger partial charge in [0, 0.05) is 45.5 Å². The molecule has 9 heteroatoms. The minimum Gasteiger partial charge on any atom is -0.490 e. The zero-order chi connectivity index (χ0) is 29.0. The van der Waals surface area contributed by atoms with Crippen LogP contribution in [0, 0.1) is 6.92 Å². The van der Waals surface area contributed by atoms with Gasteiger partial charge in [0.2, 0.25) is 5.88 Å². The number of aryl methyl sites for hydroxylation is 2. The van der Waals surface area contributed by atoms with Crippen molar-refractivity contribution in [2.45, 2.75) is 96.9 Å². The molecule has 1 aliphatic carbocycles. The Morgan fingerprint density at radius 2 is 1.85 bits per heavy atom. The number of benzene rings is 1. The summed E-state index contributed by atoms with van der Waals surface area (Å²) in [5.74, 6) is 0.884. The zero-order valence-electron chi connectivity index (χ0n) is 24.1. The molecule has 40 heavy (non-hydrogen) atoms.